The quantitative estimate of drug-likeness (QED) is 0.860. The lowest BCUT2D eigenvalue weighted by Gasteiger charge is -2.35. The molecular formula is C18H24N2O2. The summed E-state index contributed by atoms with van der Waals surface area (Å²) in [6.45, 7) is 5.10. The van der Waals surface area contributed by atoms with Crippen molar-refractivity contribution in [2.75, 3.05) is 32.7 Å². The third kappa shape index (κ3) is 2.50. The van der Waals surface area contributed by atoms with Crippen LogP contribution in [0, 0.1) is 0 Å². The molecule has 1 unspecified atom stereocenters. The molecule has 22 heavy (non-hydrogen) atoms. The van der Waals surface area contributed by atoms with Crippen molar-refractivity contribution in [3.63, 3.8) is 0 Å². The molecule has 1 aromatic carbocycles. The van der Waals surface area contributed by atoms with Crippen molar-refractivity contribution >= 4 is 5.91 Å². The van der Waals surface area contributed by atoms with Crippen molar-refractivity contribution in [3.05, 3.63) is 29.8 Å². The molecule has 0 aromatic heterocycles. The van der Waals surface area contributed by atoms with Crippen molar-refractivity contribution in [1.82, 2.24) is 9.80 Å². The highest BCUT2D eigenvalue weighted by Gasteiger charge is 2.43. The number of fused-ring (bicyclic) bond motifs is 2. The molecule has 3 saturated heterocycles. The van der Waals surface area contributed by atoms with E-state index in [-0.39, 0.29) is 11.5 Å². The zero-order valence-electron chi connectivity index (χ0n) is 13.1. The van der Waals surface area contributed by atoms with Gasteiger partial charge < -0.3 is 9.64 Å². The number of hydrogen-bond donors (Lipinski definition) is 0. The summed E-state index contributed by atoms with van der Waals surface area (Å²) in [5.41, 5.74) is 0.669. The van der Waals surface area contributed by atoms with Gasteiger partial charge in [0.15, 0.2) is 0 Å². The van der Waals surface area contributed by atoms with Gasteiger partial charge >= 0.3 is 0 Å². The van der Waals surface area contributed by atoms with Gasteiger partial charge in [0.2, 0.25) is 0 Å². The average Bonchev–Trinajstić information content (AvgIpc) is 3.16. The maximum atomic E-state index is 12.7. The summed E-state index contributed by atoms with van der Waals surface area (Å²) in [7, 11) is 0. The summed E-state index contributed by atoms with van der Waals surface area (Å²) in [5, 5.41) is 0. The monoisotopic (exact) mass is 300 g/mol. The fourth-order valence-electron chi connectivity index (χ4n) is 4.14. The normalized spacial score (nSPS) is 30.5. The molecule has 4 heteroatoms. The number of carbonyl (C=O) groups is 1. The van der Waals surface area contributed by atoms with Crippen LogP contribution in [0.2, 0.25) is 0 Å². The first-order valence-electron chi connectivity index (χ1n) is 8.56. The van der Waals surface area contributed by atoms with Crippen molar-refractivity contribution < 1.29 is 9.53 Å². The SMILES string of the molecule is O=C(c1ccccc1O[C@@]12CCCN(CC1)C2)N1CCCC1. The Bertz CT molecular complexity index is 564. The van der Waals surface area contributed by atoms with E-state index in [2.05, 4.69) is 4.90 Å². The summed E-state index contributed by atoms with van der Waals surface area (Å²) in [6.07, 6.45) is 5.62. The van der Waals surface area contributed by atoms with Crippen LogP contribution in [0.5, 0.6) is 5.75 Å². The Balaban J connectivity index is 1.58. The molecule has 0 N–H and O–H groups in total. The first-order chi connectivity index (χ1) is 10.8. The van der Waals surface area contributed by atoms with Gasteiger partial charge in [-0.15, -0.1) is 0 Å². The molecule has 3 heterocycles. The van der Waals surface area contributed by atoms with E-state index < -0.39 is 0 Å². The Morgan fingerprint density at radius 2 is 1.82 bits per heavy atom. The summed E-state index contributed by atoms with van der Waals surface area (Å²) in [4.78, 5) is 17.2. The summed E-state index contributed by atoms with van der Waals surface area (Å²) in [5.74, 6) is 0.915. The van der Waals surface area contributed by atoms with Crippen LogP contribution in [0.4, 0.5) is 0 Å². The number of likely N-dealkylation sites (tertiary alicyclic amines) is 1. The molecule has 1 aromatic rings. The predicted molar refractivity (Wildman–Crippen MR) is 85.2 cm³/mol. The predicted octanol–water partition coefficient (Wildman–Crippen LogP) is 2.54. The lowest BCUT2D eigenvalue weighted by Crippen LogP contribution is -2.44. The van der Waals surface area contributed by atoms with Gasteiger partial charge in [0, 0.05) is 32.6 Å². The minimum absolute atomic E-state index is 0.0698. The number of rotatable bonds is 3. The highest BCUT2D eigenvalue weighted by Crippen LogP contribution is 2.37. The largest absolute Gasteiger partial charge is 0.485 e. The maximum absolute atomic E-state index is 12.7. The summed E-state index contributed by atoms with van der Waals surface area (Å²) in [6, 6.07) is 7.80. The average molecular weight is 300 g/mol. The smallest absolute Gasteiger partial charge is 0.257 e. The second-order valence-electron chi connectivity index (χ2n) is 6.91. The molecule has 3 aliphatic rings. The Hall–Kier alpha value is -1.55. The molecule has 1 amide bonds. The van der Waals surface area contributed by atoms with Crippen LogP contribution in [0.25, 0.3) is 0 Å². The van der Waals surface area contributed by atoms with Gasteiger partial charge in [-0.05, 0) is 44.4 Å². The van der Waals surface area contributed by atoms with Crippen LogP contribution >= 0.6 is 0 Å². The third-order valence-electron chi connectivity index (χ3n) is 5.34. The van der Waals surface area contributed by atoms with Gasteiger partial charge in [0.1, 0.15) is 11.4 Å². The fourth-order valence-corrected chi connectivity index (χ4v) is 4.14. The highest BCUT2D eigenvalue weighted by atomic mass is 16.5. The Morgan fingerprint density at radius 3 is 2.68 bits per heavy atom. The molecule has 4 nitrogen and oxygen atoms in total. The van der Waals surface area contributed by atoms with E-state index in [0.717, 1.165) is 63.2 Å². The standard InChI is InChI=1S/C18H24N2O2/c21-17(20-11-3-4-12-20)15-6-1-2-7-16(15)22-18-8-5-10-19(14-18)13-9-18/h1-2,6-7H,3-5,8-14H2/t18-/m0/s1. The Labute approximate surface area is 132 Å². The molecular weight excluding hydrogens is 276 g/mol. The lowest BCUT2D eigenvalue weighted by atomic mass is 9.94. The van der Waals surface area contributed by atoms with Crippen LogP contribution in [0.15, 0.2) is 24.3 Å². The van der Waals surface area contributed by atoms with Crippen LogP contribution in [-0.2, 0) is 0 Å². The zero-order chi connectivity index (χ0) is 15.0. The molecule has 0 aliphatic carbocycles. The number of ether oxygens (including phenoxy) is 1. The van der Waals surface area contributed by atoms with Crippen molar-refractivity contribution in [3.8, 4) is 5.75 Å². The van der Waals surface area contributed by atoms with Gasteiger partial charge in [0.05, 0.1) is 5.56 Å². The van der Waals surface area contributed by atoms with Crippen molar-refractivity contribution in [2.24, 2.45) is 0 Å². The molecule has 2 bridgehead atoms. The minimum Gasteiger partial charge on any atom is -0.485 e. The third-order valence-corrected chi connectivity index (χ3v) is 5.34. The molecule has 118 valence electrons. The minimum atomic E-state index is -0.0698. The number of hydrogen-bond acceptors (Lipinski definition) is 3. The van der Waals surface area contributed by atoms with Crippen LogP contribution < -0.4 is 4.74 Å². The number of nitrogens with zero attached hydrogens (tertiary/aromatic N) is 2. The van der Waals surface area contributed by atoms with E-state index >= 15 is 0 Å². The summed E-state index contributed by atoms with van der Waals surface area (Å²) >= 11 is 0. The van der Waals surface area contributed by atoms with E-state index in [0.29, 0.717) is 0 Å². The first kappa shape index (κ1) is 14.1. The second kappa shape index (κ2) is 5.58. The first-order valence-corrected chi connectivity index (χ1v) is 8.56. The lowest BCUT2D eigenvalue weighted by molar-refractivity contribution is 0.0433. The molecule has 0 spiro atoms. The van der Waals surface area contributed by atoms with Gasteiger partial charge in [-0.3, -0.25) is 9.69 Å². The topological polar surface area (TPSA) is 32.8 Å². The van der Waals surface area contributed by atoms with Crippen molar-refractivity contribution in [2.45, 2.75) is 37.7 Å². The number of carbonyl (C=O) groups excluding carboxylic acids is 1. The highest BCUT2D eigenvalue weighted by molar-refractivity contribution is 5.97. The molecule has 4 rings (SSSR count). The maximum Gasteiger partial charge on any atom is 0.257 e. The Morgan fingerprint density at radius 1 is 1.00 bits per heavy atom. The number of amides is 1. The molecule has 3 fully saturated rings. The number of piperidine rings is 1. The fraction of sp³-hybridized carbons (Fsp3) is 0.611. The van der Waals surface area contributed by atoms with Crippen molar-refractivity contribution in [1.29, 1.82) is 0 Å². The molecule has 2 atom stereocenters. The van der Waals surface area contributed by atoms with Crippen LogP contribution in [0.3, 0.4) is 0 Å². The molecule has 0 saturated carbocycles. The molecule has 0 radical (unpaired) electrons. The van der Waals surface area contributed by atoms with Gasteiger partial charge in [-0.25, -0.2) is 0 Å². The number of para-hydroxylation sites is 1. The number of benzene rings is 1. The summed E-state index contributed by atoms with van der Waals surface area (Å²) < 4.78 is 6.46. The van der Waals surface area contributed by atoms with E-state index in [1.807, 2.05) is 29.2 Å². The molecule has 3 aliphatic heterocycles. The zero-order valence-corrected chi connectivity index (χ0v) is 13.1. The van der Waals surface area contributed by atoms with E-state index in [1.54, 1.807) is 0 Å². The Kier molecular flexibility index (Phi) is 3.57. The van der Waals surface area contributed by atoms with Crippen LogP contribution in [-0.4, -0.2) is 54.0 Å². The van der Waals surface area contributed by atoms with E-state index in [9.17, 15) is 4.79 Å². The van der Waals surface area contributed by atoms with Gasteiger partial charge in [-0.2, -0.15) is 0 Å². The van der Waals surface area contributed by atoms with Crippen LogP contribution in [0.1, 0.15) is 42.5 Å². The van der Waals surface area contributed by atoms with E-state index in [4.69, 9.17) is 4.74 Å². The van der Waals surface area contributed by atoms with E-state index in [1.165, 1.54) is 13.0 Å². The van der Waals surface area contributed by atoms with Gasteiger partial charge in [-0.1, -0.05) is 12.1 Å². The second-order valence-corrected chi connectivity index (χ2v) is 6.91. The van der Waals surface area contributed by atoms with Gasteiger partial charge in [0.25, 0.3) is 5.91 Å².